The predicted octanol–water partition coefficient (Wildman–Crippen LogP) is 3.13. The molecule has 2 heterocycles. The zero-order chi connectivity index (χ0) is 22.0. The van der Waals surface area contributed by atoms with Crippen LogP contribution >= 0.6 is 0 Å². The molecular weight excluding hydrogens is 404 g/mol. The number of carbonyl (C=O) groups is 2. The summed E-state index contributed by atoms with van der Waals surface area (Å²) in [4.78, 5) is 24.4. The van der Waals surface area contributed by atoms with Gasteiger partial charge in [-0.25, -0.2) is 4.79 Å². The summed E-state index contributed by atoms with van der Waals surface area (Å²) in [5.41, 5.74) is 2.53. The molecule has 2 aromatic rings. The van der Waals surface area contributed by atoms with Gasteiger partial charge in [-0.15, -0.1) is 0 Å². The molecular formula is C23H22O8. The minimum atomic E-state index is -0.784. The number of hydrogen-bond donors (Lipinski definition) is 0. The highest BCUT2D eigenvalue weighted by Gasteiger charge is 2.34. The van der Waals surface area contributed by atoms with Crippen LogP contribution in [-0.4, -0.2) is 39.6 Å². The Bertz CT molecular complexity index is 1060. The van der Waals surface area contributed by atoms with E-state index in [1.807, 2.05) is 6.07 Å². The molecule has 0 aromatic heterocycles. The van der Waals surface area contributed by atoms with Crippen molar-refractivity contribution in [1.82, 2.24) is 0 Å². The van der Waals surface area contributed by atoms with Crippen molar-refractivity contribution in [2.75, 3.05) is 27.6 Å². The van der Waals surface area contributed by atoms with Crippen molar-refractivity contribution in [1.29, 1.82) is 0 Å². The van der Waals surface area contributed by atoms with Crippen molar-refractivity contribution in [2.24, 2.45) is 0 Å². The lowest BCUT2D eigenvalue weighted by Crippen LogP contribution is -2.14. The molecule has 8 heteroatoms. The number of ether oxygens (including phenoxy) is 6. The van der Waals surface area contributed by atoms with Gasteiger partial charge in [-0.3, -0.25) is 4.79 Å². The number of methoxy groups -OCH3 is 2. The van der Waals surface area contributed by atoms with Gasteiger partial charge in [-0.1, -0.05) is 12.1 Å². The number of rotatable bonds is 7. The topological polar surface area (TPSA) is 89.5 Å². The first kappa shape index (κ1) is 20.6. The molecule has 0 unspecified atom stereocenters. The summed E-state index contributed by atoms with van der Waals surface area (Å²) in [5.74, 6) is 1.40. The highest BCUT2D eigenvalue weighted by molar-refractivity contribution is 5.92. The van der Waals surface area contributed by atoms with Crippen molar-refractivity contribution < 1.29 is 38.0 Å². The number of carbonyl (C=O) groups excluding carboxylic acids is 2. The average molecular weight is 426 g/mol. The standard InChI is InChI=1S/C23H22O8/c1-13(24)31-22(15-5-7-19-21(10-15)30-12-29-19)17-11-28-23(25)16(17)8-14-4-6-18(26-2)20(9-14)27-3/h4-7,9-10,22H,8,11-12H2,1-3H3/t22-/m1/s1. The van der Waals surface area contributed by atoms with Crippen LogP contribution in [0.15, 0.2) is 47.5 Å². The van der Waals surface area contributed by atoms with Crippen molar-refractivity contribution in [3.8, 4) is 23.0 Å². The first-order valence-electron chi connectivity index (χ1n) is 9.67. The third kappa shape index (κ3) is 4.14. The molecule has 0 saturated heterocycles. The van der Waals surface area contributed by atoms with Crippen LogP contribution in [0.25, 0.3) is 0 Å². The van der Waals surface area contributed by atoms with E-state index < -0.39 is 18.0 Å². The van der Waals surface area contributed by atoms with E-state index >= 15 is 0 Å². The molecule has 0 bridgehead atoms. The molecule has 0 spiro atoms. The van der Waals surface area contributed by atoms with Crippen molar-refractivity contribution in [2.45, 2.75) is 19.4 Å². The lowest BCUT2D eigenvalue weighted by Gasteiger charge is -2.19. The van der Waals surface area contributed by atoms with Gasteiger partial charge >= 0.3 is 11.9 Å². The molecule has 162 valence electrons. The van der Waals surface area contributed by atoms with E-state index in [1.165, 1.54) is 6.92 Å². The molecule has 8 nitrogen and oxygen atoms in total. The van der Waals surface area contributed by atoms with Gasteiger partial charge in [0.05, 0.1) is 14.2 Å². The fourth-order valence-electron chi connectivity index (χ4n) is 3.65. The Kier molecular flexibility index (Phi) is 5.70. The van der Waals surface area contributed by atoms with Crippen LogP contribution in [0, 0.1) is 0 Å². The van der Waals surface area contributed by atoms with E-state index in [0.29, 0.717) is 39.7 Å². The SMILES string of the molecule is COc1ccc(CC2=C([C@H](OC(C)=O)c3ccc4c(c3)OCO4)COC2=O)cc1OC. The summed E-state index contributed by atoms with van der Waals surface area (Å²) < 4.78 is 32.3. The van der Waals surface area contributed by atoms with Gasteiger partial charge in [0.2, 0.25) is 6.79 Å². The zero-order valence-electron chi connectivity index (χ0n) is 17.4. The summed E-state index contributed by atoms with van der Waals surface area (Å²) in [5, 5.41) is 0. The van der Waals surface area contributed by atoms with Crippen molar-refractivity contribution >= 4 is 11.9 Å². The lowest BCUT2D eigenvalue weighted by molar-refractivity contribution is -0.145. The molecule has 0 aliphatic carbocycles. The Hall–Kier alpha value is -3.68. The summed E-state index contributed by atoms with van der Waals surface area (Å²) >= 11 is 0. The molecule has 0 N–H and O–H groups in total. The minimum Gasteiger partial charge on any atom is -0.493 e. The van der Waals surface area contributed by atoms with E-state index in [2.05, 4.69) is 0 Å². The molecule has 2 aliphatic rings. The Morgan fingerprint density at radius 2 is 1.77 bits per heavy atom. The Labute approximate surface area is 179 Å². The van der Waals surface area contributed by atoms with Crippen molar-refractivity contribution in [3.05, 3.63) is 58.7 Å². The third-order valence-corrected chi connectivity index (χ3v) is 5.12. The maximum absolute atomic E-state index is 12.6. The van der Waals surface area contributed by atoms with E-state index in [9.17, 15) is 9.59 Å². The second-order valence-electron chi connectivity index (χ2n) is 7.05. The van der Waals surface area contributed by atoms with Gasteiger partial charge in [0, 0.05) is 30.1 Å². The van der Waals surface area contributed by atoms with Gasteiger partial charge in [0.1, 0.15) is 6.61 Å². The summed E-state index contributed by atoms with van der Waals surface area (Å²) in [7, 11) is 3.11. The summed E-state index contributed by atoms with van der Waals surface area (Å²) in [6.45, 7) is 1.49. The molecule has 0 radical (unpaired) electrons. The van der Waals surface area contributed by atoms with Crippen molar-refractivity contribution in [3.63, 3.8) is 0 Å². The van der Waals surface area contributed by atoms with Gasteiger partial charge < -0.3 is 28.4 Å². The highest BCUT2D eigenvalue weighted by Crippen LogP contribution is 2.40. The third-order valence-electron chi connectivity index (χ3n) is 5.12. The van der Waals surface area contributed by atoms with Gasteiger partial charge in [0.25, 0.3) is 0 Å². The summed E-state index contributed by atoms with van der Waals surface area (Å²) in [6, 6.07) is 10.7. The second-order valence-corrected chi connectivity index (χ2v) is 7.05. The van der Waals surface area contributed by atoms with Crippen LogP contribution in [-0.2, 0) is 25.5 Å². The number of cyclic esters (lactones) is 1. The highest BCUT2D eigenvalue weighted by atomic mass is 16.7. The Balaban J connectivity index is 1.72. The zero-order valence-corrected chi connectivity index (χ0v) is 17.4. The first-order valence-corrected chi connectivity index (χ1v) is 9.67. The van der Waals surface area contributed by atoms with Crippen LogP contribution in [0.4, 0.5) is 0 Å². The van der Waals surface area contributed by atoms with Crippen LogP contribution in [0.3, 0.4) is 0 Å². The maximum atomic E-state index is 12.6. The number of fused-ring (bicyclic) bond motifs is 1. The van der Waals surface area contributed by atoms with Gasteiger partial charge in [-0.2, -0.15) is 0 Å². The first-order chi connectivity index (χ1) is 15.0. The van der Waals surface area contributed by atoms with Crippen LogP contribution in [0.2, 0.25) is 0 Å². The van der Waals surface area contributed by atoms with E-state index in [0.717, 1.165) is 5.56 Å². The van der Waals surface area contributed by atoms with Gasteiger partial charge in [0.15, 0.2) is 29.1 Å². The number of hydrogen-bond acceptors (Lipinski definition) is 8. The van der Waals surface area contributed by atoms with E-state index in [4.69, 9.17) is 28.4 Å². The summed E-state index contributed by atoms with van der Waals surface area (Å²) in [6.07, 6.45) is -0.495. The molecule has 0 amide bonds. The number of esters is 2. The van der Waals surface area contributed by atoms with Gasteiger partial charge in [-0.05, 0) is 29.8 Å². The fraction of sp³-hybridized carbons (Fsp3) is 0.304. The molecule has 2 aliphatic heterocycles. The molecule has 1 atom stereocenters. The van der Waals surface area contributed by atoms with Crippen LogP contribution in [0.1, 0.15) is 24.2 Å². The maximum Gasteiger partial charge on any atom is 0.334 e. The number of benzene rings is 2. The van der Waals surface area contributed by atoms with Crippen LogP contribution < -0.4 is 18.9 Å². The van der Waals surface area contributed by atoms with Crippen LogP contribution in [0.5, 0.6) is 23.0 Å². The minimum absolute atomic E-state index is 0.0356. The largest absolute Gasteiger partial charge is 0.493 e. The lowest BCUT2D eigenvalue weighted by atomic mass is 9.94. The molecule has 2 aromatic carbocycles. The average Bonchev–Trinajstić information content (AvgIpc) is 3.38. The second kappa shape index (κ2) is 8.59. The molecule has 0 saturated carbocycles. The predicted molar refractivity (Wildman–Crippen MR) is 108 cm³/mol. The fourth-order valence-corrected chi connectivity index (χ4v) is 3.65. The molecule has 4 rings (SSSR count). The Morgan fingerprint density at radius 3 is 2.52 bits per heavy atom. The smallest absolute Gasteiger partial charge is 0.334 e. The Morgan fingerprint density at radius 1 is 1.00 bits per heavy atom. The monoisotopic (exact) mass is 426 g/mol. The molecule has 0 fully saturated rings. The van der Waals surface area contributed by atoms with E-state index in [1.54, 1.807) is 44.6 Å². The quantitative estimate of drug-likeness (QED) is 0.624. The van der Waals surface area contributed by atoms with E-state index in [-0.39, 0.29) is 19.8 Å². The molecule has 31 heavy (non-hydrogen) atoms. The normalized spacial score (nSPS) is 15.5.